The summed E-state index contributed by atoms with van der Waals surface area (Å²) in [5.41, 5.74) is 1.06. The van der Waals surface area contributed by atoms with Crippen LogP contribution in [0, 0.1) is 3.57 Å². The number of carboxylic acid groups (broad SMARTS) is 1. The quantitative estimate of drug-likeness (QED) is 0.216. The molecule has 0 bridgehead atoms. The standard InChI is InChI=1S/C26H18ClIN2O7/c1-36-21-12-14(11-20(28)22(21)37-13-16-4-2-3-5-19(16)27)10-18-23(31)29-26(35)30(24(18)32)17-8-6-15(7-9-17)25(33)34/h2-12H,13H2,1H3,(H,33,34)(H,29,31,35)/b18-10+. The van der Waals surface area contributed by atoms with E-state index in [0.717, 1.165) is 10.5 Å². The molecule has 0 saturated carbocycles. The van der Waals surface area contributed by atoms with E-state index in [1.54, 1.807) is 18.2 Å². The molecule has 3 aromatic rings. The number of carbonyl (C=O) groups is 4. The topological polar surface area (TPSA) is 122 Å². The lowest BCUT2D eigenvalue weighted by Gasteiger charge is -2.26. The van der Waals surface area contributed by atoms with Crippen LogP contribution in [0.4, 0.5) is 10.5 Å². The molecule has 0 unspecified atom stereocenters. The molecule has 4 amide bonds. The Hall–Kier alpha value is -3.90. The van der Waals surface area contributed by atoms with E-state index in [9.17, 15) is 19.2 Å². The van der Waals surface area contributed by atoms with Gasteiger partial charge in [0.2, 0.25) is 0 Å². The van der Waals surface area contributed by atoms with Crippen LogP contribution in [-0.2, 0) is 16.2 Å². The molecule has 1 aliphatic heterocycles. The number of hydrogen-bond donors (Lipinski definition) is 2. The first kappa shape index (κ1) is 26.2. The molecular formula is C26H18ClIN2O7. The van der Waals surface area contributed by atoms with Crippen LogP contribution in [0.2, 0.25) is 5.02 Å². The fourth-order valence-electron chi connectivity index (χ4n) is 3.54. The predicted molar refractivity (Wildman–Crippen MR) is 144 cm³/mol. The molecular weight excluding hydrogens is 615 g/mol. The fourth-order valence-corrected chi connectivity index (χ4v) is 4.51. The molecule has 4 rings (SSSR count). The number of hydrogen-bond acceptors (Lipinski definition) is 6. The number of nitrogens with zero attached hydrogens (tertiary/aromatic N) is 1. The van der Waals surface area contributed by atoms with Crippen LogP contribution in [0.15, 0.2) is 66.2 Å². The average Bonchev–Trinajstić information content (AvgIpc) is 2.86. The summed E-state index contributed by atoms with van der Waals surface area (Å²) in [6, 6.07) is 14.8. The number of carbonyl (C=O) groups excluding carboxylic acids is 3. The Bertz CT molecular complexity index is 1450. The second kappa shape index (κ2) is 11.0. The number of halogens is 2. The number of amides is 4. The second-order valence-corrected chi connectivity index (χ2v) is 9.29. The lowest BCUT2D eigenvalue weighted by Crippen LogP contribution is -2.54. The lowest BCUT2D eigenvalue weighted by atomic mass is 10.1. The highest BCUT2D eigenvalue weighted by molar-refractivity contribution is 14.1. The Balaban J connectivity index is 1.64. The number of benzene rings is 3. The molecule has 0 atom stereocenters. The first-order valence-electron chi connectivity index (χ1n) is 10.7. The Morgan fingerprint density at radius 3 is 2.46 bits per heavy atom. The van der Waals surface area contributed by atoms with E-state index in [2.05, 4.69) is 27.9 Å². The lowest BCUT2D eigenvalue weighted by molar-refractivity contribution is -0.122. The van der Waals surface area contributed by atoms with Gasteiger partial charge in [0.05, 0.1) is 21.9 Å². The van der Waals surface area contributed by atoms with Crippen molar-refractivity contribution in [3.8, 4) is 11.5 Å². The Kier molecular flexibility index (Phi) is 7.79. The number of urea groups is 1. The van der Waals surface area contributed by atoms with Gasteiger partial charge in [-0.05, 0) is 76.7 Å². The molecule has 2 N–H and O–H groups in total. The molecule has 1 saturated heterocycles. The Morgan fingerprint density at radius 2 is 1.81 bits per heavy atom. The smallest absolute Gasteiger partial charge is 0.335 e. The summed E-state index contributed by atoms with van der Waals surface area (Å²) in [6.45, 7) is 0.200. The maximum absolute atomic E-state index is 13.2. The summed E-state index contributed by atoms with van der Waals surface area (Å²) in [5, 5.41) is 11.8. The molecule has 1 aliphatic rings. The van der Waals surface area contributed by atoms with Crippen molar-refractivity contribution in [2.24, 2.45) is 0 Å². The van der Waals surface area contributed by atoms with Gasteiger partial charge in [-0.3, -0.25) is 14.9 Å². The third-order valence-corrected chi connectivity index (χ3v) is 6.54. The van der Waals surface area contributed by atoms with E-state index in [1.165, 1.54) is 37.5 Å². The zero-order valence-corrected chi connectivity index (χ0v) is 22.1. The fraction of sp³-hybridized carbons (Fsp3) is 0.0769. The van der Waals surface area contributed by atoms with E-state index in [0.29, 0.717) is 25.7 Å². The minimum atomic E-state index is -1.15. The van der Waals surface area contributed by atoms with E-state index < -0.39 is 23.8 Å². The molecule has 0 spiro atoms. The molecule has 0 aliphatic carbocycles. The van der Waals surface area contributed by atoms with E-state index in [-0.39, 0.29) is 23.4 Å². The van der Waals surface area contributed by atoms with E-state index in [4.69, 9.17) is 26.2 Å². The number of aromatic carboxylic acids is 1. The van der Waals surface area contributed by atoms with E-state index in [1.807, 2.05) is 18.2 Å². The number of ether oxygens (including phenoxy) is 2. The zero-order valence-electron chi connectivity index (χ0n) is 19.2. The van der Waals surface area contributed by atoms with Gasteiger partial charge < -0.3 is 14.6 Å². The van der Waals surface area contributed by atoms with Gasteiger partial charge in [0.25, 0.3) is 11.8 Å². The number of carboxylic acids is 1. The second-order valence-electron chi connectivity index (χ2n) is 7.72. The number of nitrogens with one attached hydrogen (secondary N) is 1. The van der Waals surface area contributed by atoms with Gasteiger partial charge in [-0.2, -0.15) is 0 Å². The van der Waals surface area contributed by atoms with Crippen LogP contribution < -0.4 is 19.7 Å². The summed E-state index contributed by atoms with van der Waals surface area (Å²) in [6.07, 6.45) is 1.34. The van der Waals surface area contributed by atoms with Crippen LogP contribution >= 0.6 is 34.2 Å². The highest BCUT2D eigenvalue weighted by Crippen LogP contribution is 2.36. The number of barbiturate groups is 1. The van der Waals surface area contributed by atoms with Gasteiger partial charge in [0, 0.05) is 10.6 Å². The van der Waals surface area contributed by atoms with Gasteiger partial charge >= 0.3 is 12.0 Å². The Labute approximate surface area is 229 Å². The molecule has 188 valence electrons. The number of rotatable bonds is 7. The normalized spacial score (nSPS) is 14.5. The summed E-state index contributed by atoms with van der Waals surface area (Å²) in [7, 11) is 1.46. The molecule has 1 fully saturated rings. The predicted octanol–water partition coefficient (Wildman–Crippen LogP) is 4.90. The number of imide groups is 2. The van der Waals surface area contributed by atoms with Crippen LogP contribution in [-0.4, -0.2) is 36.0 Å². The van der Waals surface area contributed by atoms with Gasteiger partial charge in [-0.1, -0.05) is 29.8 Å². The third kappa shape index (κ3) is 5.59. The van der Waals surface area contributed by atoms with Crippen LogP contribution in [0.25, 0.3) is 6.08 Å². The van der Waals surface area contributed by atoms with Crippen molar-refractivity contribution >= 4 is 69.8 Å². The first-order chi connectivity index (χ1) is 17.7. The highest BCUT2D eigenvalue weighted by atomic mass is 127. The summed E-state index contributed by atoms with van der Waals surface area (Å²) in [4.78, 5) is 50.0. The minimum absolute atomic E-state index is 0.0148. The minimum Gasteiger partial charge on any atom is -0.493 e. The molecule has 0 radical (unpaired) electrons. The van der Waals surface area contributed by atoms with Gasteiger partial charge in [-0.25, -0.2) is 14.5 Å². The number of anilines is 1. The van der Waals surface area contributed by atoms with E-state index >= 15 is 0 Å². The van der Waals surface area contributed by atoms with Crippen LogP contribution in [0.1, 0.15) is 21.5 Å². The maximum atomic E-state index is 13.2. The molecule has 37 heavy (non-hydrogen) atoms. The van der Waals surface area contributed by atoms with Crippen molar-refractivity contribution in [2.45, 2.75) is 6.61 Å². The molecule has 3 aromatic carbocycles. The first-order valence-corrected chi connectivity index (χ1v) is 12.1. The average molecular weight is 633 g/mol. The molecule has 1 heterocycles. The van der Waals surface area contributed by atoms with Crippen molar-refractivity contribution in [3.63, 3.8) is 0 Å². The zero-order chi connectivity index (χ0) is 26.7. The van der Waals surface area contributed by atoms with Crippen molar-refractivity contribution < 1.29 is 33.8 Å². The van der Waals surface area contributed by atoms with Crippen molar-refractivity contribution in [2.75, 3.05) is 12.0 Å². The highest BCUT2D eigenvalue weighted by Gasteiger charge is 2.37. The summed E-state index contributed by atoms with van der Waals surface area (Å²) < 4.78 is 12.1. The maximum Gasteiger partial charge on any atom is 0.335 e. The van der Waals surface area contributed by atoms with Crippen molar-refractivity contribution in [1.29, 1.82) is 0 Å². The molecule has 11 heteroatoms. The largest absolute Gasteiger partial charge is 0.493 e. The van der Waals surface area contributed by atoms with Crippen LogP contribution in [0.3, 0.4) is 0 Å². The van der Waals surface area contributed by atoms with Crippen molar-refractivity contribution in [3.05, 3.63) is 91.5 Å². The SMILES string of the molecule is COc1cc(/C=C2\C(=O)NC(=O)N(c3ccc(C(=O)O)cc3)C2=O)cc(I)c1OCc1ccccc1Cl. The number of methoxy groups -OCH3 is 1. The third-order valence-electron chi connectivity index (χ3n) is 5.37. The van der Waals surface area contributed by atoms with Crippen molar-refractivity contribution in [1.82, 2.24) is 5.32 Å². The molecule has 0 aromatic heterocycles. The van der Waals surface area contributed by atoms with Gasteiger partial charge in [-0.15, -0.1) is 0 Å². The monoisotopic (exact) mass is 632 g/mol. The van der Waals surface area contributed by atoms with Crippen LogP contribution in [0.5, 0.6) is 11.5 Å². The molecule has 9 nitrogen and oxygen atoms in total. The van der Waals surface area contributed by atoms with Gasteiger partial charge in [0.15, 0.2) is 11.5 Å². The Morgan fingerprint density at radius 1 is 1.11 bits per heavy atom. The summed E-state index contributed by atoms with van der Waals surface area (Å²) >= 11 is 8.26. The summed E-state index contributed by atoms with van der Waals surface area (Å²) in [5.74, 6) is -2.04. The van der Waals surface area contributed by atoms with Gasteiger partial charge in [0.1, 0.15) is 12.2 Å².